The highest BCUT2D eigenvalue weighted by atomic mass is 127. The predicted octanol–water partition coefficient (Wildman–Crippen LogP) is 3.68. The Labute approximate surface area is 159 Å². The zero-order valence-electron chi connectivity index (χ0n) is 13.1. The van der Waals surface area contributed by atoms with Gasteiger partial charge in [-0.15, -0.1) is 0 Å². The van der Waals surface area contributed by atoms with Gasteiger partial charge in [0.15, 0.2) is 5.11 Å². The lowest BCUT2D eigenvalue weighted by atomic mass is 10.2. The molecule has 0 aliphatic heterocycles. The van der Waals surface area contributed by atoms with Crippen LogP contribution in [0.3, 0.4) is 0 Å². The van der Waals surface area contributed by atoms with E-state index in [2.05, 4.69) is 38.5 Å². The summed E-state index contributed by atoms with van der Waals surface area (Å²) in [6.07, 6.45) is 0. The number of benzene rings is 2. The lowest BCUT2D eigenvalue weighted by Crippen LogP contribution is -2.34. The number of anilines is 2. The first-order chi connectivity index (χ1) is 11.4. The van der Waals surface area contributed by atoms with E-state index in [9.17, 15) is 9.59 Å². The molecule has 2 aromatic rings. The molecular weight excluding hydrogens is 437 g/mol. The van der Waals surface area contributed by atoms with E-state index in [0.29, 0.717) is 16.9 Å². The molecule has 2 amide bonds. The fraction of sp³-hybridized carbons (Fsp3) is 0.118. The number of halogens is 1. The Morgan fingerprint density at radius 1 is 1.08 bits per heavy atom. The lowest BCUT2D eigenvalue weighted by molar-refractivity contribution is -0.114. The maximum atomic E-state index is 12.2. The van der Waals surface area contributed by atoms with Gasteiger partial charge in [-0.1, -0.05) is 18.2 Å². The zero-order chi connectivity index (χ0) is 17.7. The summed E-state index contributed by atoms with van der Waals surface area (Å²) in [6.45, 7) is 3.35. The minimum atomic E-state index is -0.272. The number of aryl methyl sites for hydroxylation is 1. The molecule has 0 aromatic heterocycles. The summed E-state index contributed by atoms with van der Waals surface area (Å²) in [5, 5.41) is 8.54. The second-order valence-corrected chi connectivity index (χ2v) is 6.67. The molecule has 5 nitrogen and oxygen atoms in total. The van der Waals surface area contributed by atoms with Gasteiger partial charge < -0.3 is 10.6 Å². The molecule has 2 rings (SSSR count). The average molecular weight is 453 g/mol. The number of carbonyl (C=O) groups excluding carboxylic acids is 2. The van der Waals surface area contributed by atoms with Crippen molar-refractivity contribution in [3.05, 3.63) is 57.2 Å². The Kier molecular flexibility index (Phi) is 6.27. The normalized spacial score (nSPS) is 9.96. The van der Waals surface area contributed by atoms with Gasteiger partial charge in [0.2, 0.25) is 5.91 Å². The van der Waals surface area contributed by atoms with Gasteiger partial charge >= 0.3 is 0 Å². The van der Waals surface area contributed by atoms with E-state index in [4.69, 9.17) is 12.2 Å². The average Bonchev–Trinajstić information content (AvgIpc) is 2.50. The van der Waals surface area contributed by atoms with Crippen LogP contribution in [0.25, 0.3) is 0 Å². The first-order valence-corrected chi connectivity index (χ1v) is 8.60. The predicted molar refractivity (Wildman–Crippen MR) is 108 cm³/mol. The molecule has 2 aromatic carbocycles. The highest BCUT2D eigenvalue weighted by Gasteiger charge is 2.11. The van der Waals surface area contributed by atoms with Crippen molar-refractivity contribution in [3.8, 4) is 0 Å². The first kappa shape index (κ1) is 18.3. The van der Waals surface area contributed by atoms with Gasteiger partial charge in [0.05, 0.1) is 5.56 Å². The standard InChI is InChI=1S/C17H16IN3O2S/c1-10-7-8-12(9-15(10)19-11(2)22)20-17(24)21-16(23)13-5-3-4-6-14(13)18/h3-9H,1-2H3,(H,19,22)(H2,20,21,23,24). The van der Waals surface area contributed by atoms with Gasteiger partial charge in [0.1, 0.15) is 0 Å². The largest absolute Gasteiger partial charge is 0.332 e. The molecule has 0 aliphatic carbocycles. The molecule has 3 N–H and O–H groups in total. The summed E-state index contributed by atoms with van der Waals surface area (Å²) in [7, 11) is 0. The number of thiocarbonyl (C=S) groups is 1. The molecule has 0 saturated carbocycles. The fourth-order valence-corrected chi connectivity index (χ4v) is 2.85. The smallest absolute Gasteiger partial charge is 0.258 e. The van der Waals surface area contributed by atoms with Crippen molar-refractivity contribution in [2.45, 2.75) is 13.8 Å². The molecule has 124 valence electrons. The van der Waals surface area contributed by atoms with Gasteiger partial charge in [0.25, 0.3) is 5.91 Å². The Bertz CT molecular complexity index is 808. The number of carbonyl (C=O) groups is 2. The van der Waals surface area contributed by atoms with E-state index in [1.54, 1.807) is 18.2 Å². The molecule has 0 unspecified atom stereocenters. The number of hydrogen-bond donors (Lipinski definition) is 3. The first-order valence-electron chi connectivity index (χ1n) is 7.12. The van der Waals surface area contributed by atoms with Crippen LogP contribution in [-0.2, 0) is 4.79 Å². The third-order valence-electron chi connectivity index (χ3n) is 3.15. The van der Waals surface area contributed by atoms with Crippen LogP contribution >= 0.6 is 34.8 Å². The SMILES string of the molecule is CC(=O)Nc1cc(NC(=S)NC(=O)c2ccccc2I)ccc1C. The van der Waals surface area contributed by atoms with E-state index < -0.39 is 0 Å². The second-order valence-electron chi connectivity index (χ2n) is 5.10. The van der Waals surface area contributed by atoms with Crippen molar-refractivity contribution in [3.63, 3.8) is 0 Å². The summed E-state index contributed by atoms with van der Waals surface area (Å²) in [5.41, 5.74) is 2.87. The molecule has 24 heavy (non-hydrogen) atoms. The molecule has 0 bridgehead atoms. The van der Waals surface area contributed by atoms with Crippen LogP contribution in [0.4, 0.5) is 11.4 Å². The molecule has 0 spiro atoms. The molecule has 0 heterocycles. The minimum absolute atomic E-state index is 0.148. The van der Waals surface area contributed by atoms with E-state index in [-0.39, 0.29) is 16.9 Å². The van der Waals surface area contributed by atoms with Gasteiger partial charge in [-0.25, -0.2) is 0 Å². The van der Waals surface area contributed by atoms with Crippen molar-refractivity contribution >= 4 is 63.1 Å². The van der Waals surface area contributed by atoms with Gasteiger partial charge in [0, 0.05) is 21.9 Å². The molecule has 7 heteroatoms. The van der Waals surface area contributed by atoms with E-state index in [0.717, 1.165) is 9.13 Å². The van der Waals surface area contributed by atoms with Crippen LogP contribution in [0.2, 0.25) is 0 Å². The van der Waals surface area contributed by atoms with E-state index in [1.165, 1.54) is 6.92 Å². The maximum Gasteiger partial charge on any atom is 0.258 e. The molecular formula is C17H16IN3O2S. The molecule has 0 aliphatic rings. The second kappa shape index (κ2) is 8.20. The molecule has 0 radical (unpaired) electrons. The summed E-state index contributed by atoms with van der Waals surface area (Å²) in [6, 6.07) is 12.7. The van der Waals surface area contributed by atoms with Crippen LogP contribution in [0.1, 0.15) is 22.8 Å². The number of hydrogen-bond acceptors (Lipinski definition) is 3. The fourth-order valence-electron chi connectivity index (χ4n) is 2.00. The Balaban J connectivity index is 2.06. The zero-order valence-corrected chi connectivity index (χ0v) is 16.1. The maximum absolute atomic E-state index is 12.2. The van der Waals surface area contributed by atoms with Crippen molar-refractivity contribution < 1.29 is 9.59 Å². The van der Waals surface area contributed by atoms with Gasteiger partial charge in [-0.05, 0) is 71.6 Å². The summed E-state index contributed by atoms with van der Waals surface area (Å²) >= 11 is 7.29. The Morgan fingerprint density at radius 2 is 1.79 bits per heavy atom. The lowest BCUT2D eigenvalue weighted by Gasteiger charge is -2.13. The highest BCUT2D eigenvalue weighted by molar-refractivity contribution is 14.1. The van der Waals surface area contributed by atoms with Crippen LogP contribution in [0.15, 0.2) is 42.5 Å². The Morgan fingerprint density at radius 3 is 2.46 bits per heavy atom. The van der Waals surface area contributed by atoms with Crippen LogP contribution < -0.4 is 16.0 Å². The van der Waals surface area contributed by atoms with Crippen LogP contribution in [0, 0.1) is 10.5 Å². The summed E-state index contributed by atoms with van der Waals surface area (Å²) < 4.78 is 0.846. The van der Waals surface area contributed by atoms with Crippen molar-refractivity contribution in [1.82, 2.24) is 5.32 Å². The molecule has 0 atom stereocenters. The van der Waals surface area contributed by atoms with Crippen LogP contribution in [-0.4, -0.2) is 16.9 Å². The summed E-state index contributed by atoms with van der Waals surface area (Å²) in [4.78, 5) is 23.5. The topological polar surface area (TPSA) is 70.2 Å². The third-order valence-corrected chi connectivity index (χ3v) is 4.30. The third kappa shape index (κ3) is 5.00. The highest BCUT2D eigenvalue weighted by Crippen LogP contribution is 2.20. The molecule has 0 saturated heterocycles. The molecule has 0 fully saturated rings. The number of amides is 2. The quantitative estimate of drug-likeness (QED) is 0.490. The van der Waals surface area contributed by atoms with E-state index >= 15 is 0 Å². The monoisotopic (exact) mass is 453 g/mol. The van der Waals surface area contributed by atoms with Gasteiger partial charge in [-0.3, -0.25) is 14.9 Å². The van der Waals surface area contributed by atoms with Gasteiger partial charge in [-0.2, -0.15) is 0 Å². The number of nitrogens with one attached hydrogen (secondary N) is 3. The van der Waals surface area contributed by atoms with Crippen LogP contribution in [0.5, 0.6) is 0 Å². The van der Waals surface area contributed by atoms with Crippen molar-refractivity contribution in [2.75, 3.05) is 10.6 Å². The minimum Gasteiger partial charge on any atom is -0.332 e. The number of rotatable bonds is 3. The van der Waals surface area contributed by atoms with Crippen molar-refractivity contribution in [1.29, 1.82) is 0 Å². The summed E-state index contributed by atoms with van der Waals surface area (Å²) in [5.74, 6) is -0.420. The van der Waals surface area contributed by atoms with Crippen molar-refractivity contribution in [2.24, 2.45) is 0 Å². The Hall–Kier alpha value is -2.00. The van der Waals surface area contributed by atoms with E-state index in [1.807, 2.05) is 31.2 Å².